The lowest BCUT2D eigenvalue weighted by molar-refractivity contribution is -0.132. The highest BCUT2D eigenvalue weighted by Crippen LogP contribution is 2.35. The van der Waals surface area contributed by atoms with Gasteiger partial charge in [0.2, 0.25) is 0 Å². The van der Waals surface area contributed by atoms with Crippen LogP contribution < -0.4 is 14.9 Å². The van der Waals surface area contributed by atoms with Crippen LogP contribution in [0, 0.1) is 6.57 Å². The molecule has 0 saturated heterocycles. The third kappa shape index (κ3) is 4.27. The standard InChI is InChI=1S/C20H21BN2O5/c1-4-23(5-2)20(24)13-26-19-11-15(22-3)6-9-18(19)28-16-7-8-17-14(10-16)12-27-21(17)25/h6-11,25H,4-5,12-13H2,1-2H3. The fourth-order valence-corrected chi connectivity index (χ4v) is 2.97. The Balaban J connectivity index is 1.79. The summed E-state index contributed by atoms with van der Waals surface area (Å²) in [6, 6.07) is 10.1. The summed E-state index contributed by atoms with van der Waals surface area (Å²) in [5.41, 5.74) is 1.96. The van der Waals surface area contributed by atoms with Crippen molar-refractivity contribution in [2.45, 2.75) is 20.5 Å². The van der Waals surface area contributed by atoms with Gasteiger partial charge >= 0.3 is 7.12 Å². The molecule has 2 aromatic rings. The van der Waals surface area contributed by atoms with Crippen LogP contribution in [0.3, 0.4) is 0 Å². The number of carbonyl (C=O) groups excluding carboxylic acids is 1. The van der Waals surface area contributed by atoms with Gasteiger partial charge in [-0.1, -0.05) is 12.1 Å². The Labute approximate surface area is 164 Å². The summed E-state index contributed by atoms with van der Waals surface area (Å²) in [5, 5.41) is 9.72. The molecule has 1 N–H and O–H groups in total. The van der Waals surface area contributed by atoms with Gasteiger partial charge in [0.15, 0.2) is 23.8 Å². The molecule has 0 fully saturated rings. The minimum atomic E-state index is -0.910. The molecule has 0 atom stereocenters. The van der Waals surface area contributed by atoms with E-state index in [-0.39, 0.29) is 12.5 Å². The quantitative estimate of drug-likeness (QED) is 0.590. The summed E-state index contributed by atoms with van der Waals surface area (Å²) in [6.07, 6.45) is 0. The Hall–Kier alpha value is -3.02. The van der Waals surface area contributed by atoms with E-state index in [1.54, 1.807) is 41.3 Å². The predicted octanol–water partition coefficient (Wildman–Crippen LogP) is 2.49. The maximum absolute atomic E-state index is 12.2. The molecule has 0 unspecified atom stereocenters. The molecule has 1 heterocycles. The van der Waals surface area contributed by atoms with Crippen molar-refractivity contribution in [2.75, 3.05) is 19.7 Å². The van der Waals surface area contributed by atoms with Gasteiger partial charge in [-0.05, 0) is 49.1 Å². The van der Waals surface area contributed by atoms with Crippen LogP contribution in [0.4, 0.5) is 5.69 Å². The van der Waals surface area contributed by atoms with Crippen molar-refractivity contribution < 1.29 is 23.9 Å². The van der Waals surface area contributed by atoms with Crippen LogP contribution in [0.5, 0.6) is 17.2 Å². The lowest BCUT2D eigenvalue weighted by atomic mass is 9.80. The van der Waals surface area contributed by atoms with Crippen LogP contribution in [-0.2, 0) is 16.1 Å². The number of hydrogen-bond acceptors (Lipinski definition) is 5. The second-order valence-electron chi connectivity index (χ2n) is 6.22. The Morgan fingerprint density at radius 3 is 2.75 bits per heavy atom. The maximum atomic E-state index is 12.2. The van der Waals surface area contributed by atoms with E-state index in [4.69, 9.17) is 20.7 Å². The first-order chi connectivity index (χ1) is 13.5. The second-order valence-corrected chi connectivity index (χ2v) is 6.22. The Kier molecular flexibility index (Phi) is 6.19. The van der Waals surface area contributed by atoms with Crippen molar-refractivity contribution in [3.63, 3.8) is 0 Å². The molecule has 1 aliphatic rings. The van der Waals surface area contributed by atoms with Gasteiger partial charge in [-0.3, -0.25) is 4.79 Å². The van der Waals surface area contributed by atoms with Crippen molar-refractivity contribution in [3.05, 3.63) is 53.4 Å². The monoisotopic (exact) mass is 380 g/mol. The summed E-state index contributed by atoms with van der Waals surface area (Å²) in [5.74, 6) is 1.14. The number of amides is 1. The summed E-state index contributed by atoms with van der Waals surface area (Å²) in [7, 11) is -0.910. The van der Waals surface area contributed by atoms with Crippen molar-refractivity contribution in [1.82, 2.24) is 4.90 Å². The predicted molar refractivity (Wildman–Crippen MR) is 105 cm³/mol. The molecule has 0 spiro atoms. The van der Waals surface area contributed by atoms with Crippen LogP contribution in [0.25, 0.3) is 4.85 Å². The molecule has 144 valence electrons. The number of ether oxygens (including phenoxy) is 2. The van der Waals surface area contributed by atoms with Crippen LogP contribution in [0.15, 0.2) is 36.4 Å². The Bertz CT molecular complexity index is 908. The normalized spacial score (nSPS) is 12.3. The molecule has 0 radical (unpaired) electrons. The third-order valence-corrected chi connectivity index (χ3v) is 4.53. The fourth-order valence-electron chi connectivity index (χ4n) is 2.97. The van der Waals surface area contributed by atoms with Gasteiger partial charge in [-0.15, -0.1) is 0 Å². The van der Waals surface area contributed by atoms with Crippen molar-refractivity contribution in [3.8, 4) is 17.2 Å². The molecule has 0 bridgehead atoms. The zero-order valence-corrected chi connectivity index (χ0v) is 15.8. The molecule has 2 aromatic carbocycles. The van der Waals surface area contributed by atoms with E-state index < -0.39 is 7.12 Å². The molecular weight excluding hydrogens is 359 g/mol. The lowest BCUT2D eigenvalue weighted by Gasteiger charge is -2.19. The van der Waals surface area contributed by atoms with Crippen LogP contribution >= 0.6 is 0 Å². The summed E-state index contributed by atoms with van der Waals surface area (Å²) in [4.78, 5) is 17.3. The topological polar surface area (TPSA) is 72.6 Å². The second kappa shape index (κ2) is 8.78. The first kappa shape index (κ1) is 19.7. The van der Waals surface area contributed by atoms with E-state index in [0.29, 0.717) is 42.6 Å². The summed E-state index contributed by atoms with van der Waals surface area (Å²) < 4.78 is 16.8. The number of fused-ring (bicyclic) bond motifs is 1. The van der Waals surface area contributed by atoms with E-state index in [1.165, 1.54) is 0 Å². The zero-order chi connectivity index (χ0) is 20.1. The van der Waals surface area contributed by atoms with Gasteiger partial charge in [0, 0.05) is 13.1 Å². The maximum Gasteiger partial charge on any atom is 0.491 e. The minimum Gasteiger partial charge on any atom is -0.481 e. The third-order valence-electron chi connectivity index (χ3n) is 4.53. The zero-order valence-electron chi connectivity index (χ0n) is 15.8. The highest BCUT2D eigenvalue weighted by atomic mass is 16.5. The fraction of sp³-hybridized carbons (Fsp3) is 0.300. The summed E-state index contributed by atoms with van der Waals surface area (Å²) >= 11 is 0. The number of nitrogens with zero attached hydrogens (tertiary/aromatic N) is 2. The number of benzene rings is 2. The largest absolute Gasteiger partial charge is 0.491 e. The van der Waals surface area contributed by atoms with Crippen molar-refractivity contribution in [1.29, 1.82) is 0 Å². The molecular formula is C20H21BN2O5. The number of carbonyl (C=O) groups is 1. The Morgan fingerprint density at radius 1 is 1.25 bits per heavy atom. The van der Waals surface area contributed by atoms with E-state index in [2.05, 4.69) is 4.85 Å². The molecule has 0 aliphatic carbocycles. The molecule has 7 nitrogen and oxygen atoms in total. The van der Waals surface area contributed by atoms with E-state index >= 15 is 0 Å². The van der Waals surface area contributed by atoms with Gasteiger partial charge in [0.25, 0.3) is 5.91 Å². The average Bonchev–Trinajstić information content (AvgIpc) is 3.08. The van der Waals surface area contributed by atoms with Crippen molar-refractivity contribution >= 4 is 24.2 Å². The van der Waals surface area contributed by atoms with E-state index in [9.17, 15) is 9.82 Å². The SMILES string of the molecule is [C-]#[N+]c1ccc(Oc2ccc3c(c2)COB3O)c(OCC(=O)N(CC)CC)c1. The van der Waals surface area contributed by atoms with Gasteiger partial charge in [0.05, 0.1) is 13.2 Å². The van der Waals surface area contributed by atoms with Crippen molar-refractivity contribution in [2.24, 2.45) is 0 Å². The number of hydrogen-bond donors (Lipinski definition) is 1. The molecule has 8 heteroatoms. The first-order valence-electron chi connectivity index (χ1n) is 9.08. The van der Waals surface area contributed by atoms with Gasteiger partial charge in [-0.2, -0.15) is 0 Å². The number of likely N-dealkylation sites (N-methyl/N-ethyl adjacent to an activating group) is 1. The molecule has 3 rings (SSSR count). The molecule has 0 saturated carbocycles. The van der Waals surface area contributed by atoms with Gasteiger partial charge in [-0.25, -0.2) is 4.85 Å². The van der Waals surface area contributed by atoms with Crippen LogP contribution in [-0.4, -0.2) is 42.6 Å². The smallest absolute Gasteiger partial charge is 0.481 e. The molecule has 28 heavy (non-hydrogen) atoms. The van der Waals surface area contributed by atoms with Gasteiger partial charge in [0.1, 0.15) is 5.75 Å². The number of rotatable bonds is 7. The first-order valence-corrected chi connectivity index (χ1v) is 9.08. The highest BCUT2D eigenvalue weighted by molar-refractivity contribution is 6.61. The average molecular weight is 380 g/mol. The molecule has 1 amide bonds. The summed E-state index contributed by atoms with van der Waals surface area (Å²) in [6.45, 7) is 12.4. The van der Waals surface area contributed by atoms with Crippen LogP contribution in [0.1, 0.15) is 19.4 Å². The minimum absolute atomic E-state index is 0.132. The van der Waals surface area contributed by atoms with E-state index in [0.717, 1.165) is 11.0 Å². The van der Waals surface area contributed by atoms with E-state index in [1.807, 2.05) is 13.8 Å². The molecule has 1 aliphatic heterocycles. The lowest BCUT2D eigenvalue weighted by Crippen LogP contribution is -2.34. The Morgan fingerprint density at radius 2 is 2.04 bits per heavy atom. The highest BCUT2D eigenvalue weighted by Gasteiger charge is 2.27. The van der Waals surface area contributed by atoms with Gasteiger partial charge < -0.3 is 24.1 Å². The van der Waals surface area contributed by atoms with Crippen LogP contribution in [0.2, 0.25) is 0 Å². The molecule has 0 aromatic heterocycles.